The molecular formula is C21H16N4O4S. The average Bonchev–Trinajstić information content (AvgIpc) is 3.47. The molecule has 30 heavy (non-hydrogen) atoms. The van der Waals surface area contributed by atoms with Gasteiger partial charge in [-0.05, 0) is 47.8 Å². The van der Waals surface area contributed by atoms with Gasteiger partial charge in [0.25, 0.3) is 5.91 Å². The Morgan fingerprint density at radius 2 is 1.97 bits per heavy atom. The number of aromatic nitrogens is 3. The van der Waals surface area contributed by atoms with E-state index in [1.54, 1.807) is 48.8 Å². The lowest BCUT2D eigenvalue weighted by Crippen LogP contribution is -2.11. The van der Waals surface area contributed by atoms with Gasteiger partial charge in [-0.25, -0.2) is 0 Å². The molecule has 3 heterocycles. The number of thiophene rings is 1. The number of hydrogen-bond acceptors (Lipinski definition) is 8. The van der Waals surface area contributed by atoms with Gasteiger partial charge in [0.2, 0.25) is 11.7 Å². The number of nitrogens with zero attached hydrogens (tertiary/aromatic N) is 3. The number of rotatable bonds is 7. The lowest BCUT2D eigenvalue weighted by molar-refractivity contribution is -0.134. The molecule has 0 saturated heterocycles. The zero-order valence-electron chi connectivity index (χ0n) is 15.6. The normalized spacial score (nSPS) is 10.5. The van der Waals surface area contributed by atoms with Crippen LogP contribution in [0.3, 0.4) is 0 Å². The molecule has 3 aromatic heterocycles. The summed E-state index contributed by atoms with van der Waals surface area (Å²) >= 11 is 1.36. The van der Waals surface area contributed by atoms with Crippen LogP contribution >= 0.6 is 11.3 Å². The highest BCUT2D eigenvalue weighted by Crippen LogP contribution is 2.19. The van der Waals surface area contributed by atoms with E-state index in [4.69, 9.17) is 9.26 Å². The number of benzene rings is 1. The summed E-state index contributed by atoms with van der Waals surface area (Å²) in [6.45, 7) is 0. The summed E-state index contributed by atoms with van der Waals surface area (Å²) < 4.78 is 10.5. The van der Waals surface area contributed by atoms with Crippen molar-refractivity contribution in [1.29, 1.82) is 0 Å². The van der Waals surface area contributed by atoms with Crippen molar-refractivity contribution >= 4 is 28.9 Å². The smallest absolute Gasteiger partial charge is 0.311 e. The number of esters is 1. The maximum Gasteiger partial charge on any atom is 0.311 e. The van der Waals surface area contributed by atoms with Gasteiger partial charge in [-0.2, -0.15) is 4.98 Å². The predicted octanol–water partition coefficient (Wildman–Crippen LogP) is 3.98. The topological polar surface area (TPSA) is 107 Å². The number of carbonyl (C=O) groups excluding carboxylic acids is 2. The third-order valence-electron chi connectivity index (χ3n) is 4.02. The van der Waals surface area contributed by atoms with Gasteiger partial charge in [-0.3, -0.25) is 14.6 Å². The van der Waals surface area contributed by atoms with Gasteiger partial charge in [-0.15, -0.1) is 11.3 Å². The highest BCUT2D eigenvalue weighted by atomic mass is 32.1. The highest BCUT2D eigenvalue weighted by molar-refractivity contribution is 7.12. The van der Waals surface area contributed by atoms with E-state index in [0.29, 0.717) is 28.0 Å². The number of pyridine rings is 1. The molecule has 0 aliphatic heterocycles. The van der Waals surface area contributed by atoms with E-state index in [-0.39, 0.29) is 18.7 Å². The Balaban J connectivity index is 1.27. The second-order valence-electron chi connectivity index (χ2n) is 6.18. The van der Waals surface area contributed by atoms with E-state index in [1.807, 2.05) is 17.5 Å². The lowest BCUT2D eigenvalue weighted by Gasteiger charge is -2.06. The van der Waals surface area contributed by atoms with Gasteiger partial charge in [0.05, 0.1) is 11.3 Å². The van der Waals surface area contributed by atoms with Crippen molar-refractivity contribution in [3.05, 3.63) is 77.1 Å². The fourth-order valence-electron chi connectivity index (χ4n) is 2.57. The molecule has 0 radical (unpaired) electrons. The number of anilines is 1. The predicted molar refractivity (Wildman–Crippen MR) is 110 cm³/mol. The van der Waals surface area contributed by atoms with Crippen LogP contribution in [0.4, 0.5) is 5.69 Å². The quantitative estimate of drug-likeness (QED) is 0.356. The van der Waals surface area contributed by atoms with Crippen molar-refractivity contribution in [2.45, 2.75) is 12.8 Å². The van der Waals surface area contributed by atoms with Crippen LogP contribution in [0.5, 0.6) is 5.75 Å². The zero-order chi connectivity index (χ0) is 20.8. The standard InChI is InChI=1S/C21H16N4O4S/c26-19(10-9-18-24-20(25-29-18)14-3-1-11-22-13-14)28-16-7-5-15(6-8-16)23-21(27)17-4-2-12-30-17/h1-8,11-13H,9-10H2,(H,23,27). The van der Waals surface area contributed by atoms with E-state index in [9.17, 15) is 9.59 Å². The first-order valence-corrected chi connectivity index (χ1v) is 9.94. The first-order valence-electron chi connectivity index (χ1n) is 9.06. The van der Waals surface area contributed by atoms with Gasteiger partial charge in [0, 0.05) is 30.1 Å². The van der Waals surface area contributed by atoms with Crippen molar-refractivity contribution in [2.24, 2.45) is 0 Å². The summed E-state index contributed by atoms with van der Waals surface area (Å²) in [5.41, 5.74) is 1.35. The minimum atomic E-state index is -0.425. The summed E-state index contributed by atoms with van der Waals surface area (Å²) in [6.07, 6.45) is 3.65. The SMILES string of the molecule is O=C(CCc1nc(-c2cccnc2)no1)Oc1ccc(NC(=O)c2cccs2)cc1. The molecule has 0 atom stereocenters. The molecule has 150 valence electrons. The van der Waals surface area contributed by atoms with Crippen molar-refractivity contribution in [3.63, 3.8) is 0 Å². The average molecular weight is 420 g/mol. The molecule has 0 spiro atoms. The van der Waals surface area contributed by atoms with Crippen LogP contribution in [0, 0.1) is 0 Å². The van der Waals surface area contributed by atoms with E-state index < -0.39 is 5.97 Å². The molecule has 0 fully saturated rings. The van der Waals surface area contributed by atoms with Crippen LogP contribution in [0.25, 0.3) is 11.4 Å². The summed E-state index contributed by atoms with van der Waals surface area (Å²) in [7, 11) is 0. The first kappa shape index (κ1) is 19.5. The van der Waals surface area contributed by atoms with Gasteiger partial charge >= 0.3 is 5.97 Å². The van der Waals surface area contributed by atoms with Gasteiger partial charge in [0.1, 0.15) is 5.75 Å². The van der Waals surface area contributed by atoms with Crippen molar-refractivity contribution in [1.82, 2.24) is 15.1 Å². The van der Waals surface area contributed by atoms with Crippen LogP contribution in [-0.2, 0) is 11.2 Å². The summed E-state index contributed by atoms with van der Waals surface area (Å²) in [4.78, 5) is 33.0. The molecule has 0 unspecified atom stereocenters. The molecule has 0 aliphatic rings. The van der Waals surface area contributed by atoms with E-state index >= 15 is 0 Å². The molecule has 4 rings (SSSR count). The Bertz CT molecular complexity index is 1130. The third-order valence-corrected chi connectivity index (χ3v) is 4.89. The molecule has 1 amide bonds. The van der Waals surface area contributed by atoms with Crippen LogP contribution in [0.15, 0.2) is 70.8 Å². The lowest BCUT2D eigenvalue weighted by atomic mass is 10.2. The number of carbonyl (C=O) groups is 2. The van der Waals surface area contributed by atoms with Crippen LogP contribution in [0.1, 0.15) is 22.0 Å². The van der Waals surface area contributed by atoms with E-state index in [0.717, 1.165) is 5.56 Å². The summed E-state index contributed by atoms with van der Waals surface area (Å²) in [6, 6.07) is 13.8. The van der Waals surface area contributed by atoms with E-state index in [1.165, 1.54) is 11.3 Å². The maximum atomic E-state index is 12.1. The molecule has 0 bridgehead atoms. The molecule has 4 aromatic rings. The monoisotopic (exact) mass is 420 g/mol. The van der Waals surface area contributed by atoms with Gasteiger partial charge in [-0.1, -0.05) is 11.2 Å². The molecule has 8 nitrogen and oxygen atoms in total. The Hall–Kier alpha value is -3.85. The molecule has 9 heteroatoms. The van der Waals surface area contributed by atoms with Crippen molar-refractivity contribution < 1.29 is 18.8 Å². The Morgan fingerprint density at radius 3 is 2.70 bits per heavy atom. The minimum Gasteiger partial charge on any atom is -0.427 e. The summed E-state index contributed by atoms with van der Waals surface area (Å²) in [5.74, 6) is 0.547. The minimum absolute atomic E-state index is 0.0888. The maximum absolute atomic E-state index is 12.1. The molecule has 0 aliphatic carbocycles. The second-order valence-corrected chi connectivity index (χ2v) is 7.13. The number of hydrogen-bond donors (Lipinski definition) is 1. The summed E-state index contributed by atoms with van der Waals surface area (Å²) in [5, 5.41) is 8.51. The third kappa shape index (κ3) is 4.95. The van der Waals surface area contributed by atoms with E-state index in [2.05, 4.69) is 20.4 Å². The Labute approximate surface area is 175 Å². The fourth-order valence-corrected chi connectivity index (χ4v) is 3.19. The fraction of sp³-hybridized carbons (Fsp3) is 0.0952. The number of ether oxygens (including phenoxy) is 1. The van der Waals surface area contributed by atoms with Crippen LogP contribution in [0.2, 0.25) is 0 Å². The molecule has 0 saturated carbocycles. The number of aryl methyl sites for hydroxylation is 1. The van der Waals surface area contributed by atoms with Crippen LogP contribution < -0.4 is 10.1 Å². The largest absolute Gasteiger partial charge is 0.427 e. The number of amides is 1. The second kappa shape index (κ2) is 9.10. The molecular weight excluding hydrogens is 404 g/mol. The Kier molecular flexibility index (Phi) is 5.90. The molecule has 1 N–H and O–H groups in total. The molecule has 1 aromatic carbocycles. The van der Waals surface area contributed by atoms with Crippen molar-refractivity contribution in [3.8, 4) is 17.1 Å². The van der Waals surface area contributed by atoms with Crippen LogP contribution in [-0.4, -0.2) is 27.0 Å². The van der Waals surface area contributed by atoms with Gasteiger partial charge in [0.15, 0.2) is 0 Å². The zero-order valence-corrected chi connectivity index (χ0v) is 16.5. The highest BCUT2D eigenvalue weighted by Gasteiger charge is 2.12. The van der Waals surface area contributed by atoms with Gasteiger partial charge < -0.3 is 14.6 Å². The number of nitrogens with one attached hydrogen (secondary N) is 1. The first-order chi connectivity index (χ1) is 14.7. The Morgan fingerprint density at radius 1 is 1.10 bits per heavy atom. The van der Waals surface area contributed by atoms with Crippen molar-refractivity contribution in [2.75, 3.05) is 5.32 Å².